The van der Waals surface area contributed by atoms with Crippen LogP contribution in [0.4, 0.5) is 5.82 Å². The number of H-pyrrole nitrogens is 1. The van der Waals surface area contributed by atoms with E-state index < -0.39 is 5.92 Å². The summed E-state index contributed by atoms with van der Waals surface area (Å²) < 4.78 is 0. The number of carbonyl (C=O) groups excluding carboxylic acids is 1. The zero-order valence-corrected chi connectivity index (χ0v) is 19.8. The summed E-state index contributed by atoms with van der Waals surface area (Å²) in [6, 6.07) is 12.1. The molecule has 0 spiro atoms. The van der Waals surface area contributed by atoms with E-state index in [9.17, 15) is 9.59 Å². The van der Waals surface area contributed by atoms with Crippen molar-refractivity contribution in [1.82, 2.24) is 15.0 Å². The fraction of sp³-hybridized carbons (Fsp3) is 0.308. The Labute approximate surface area is 197 Å². The lowest BCUT2D eigenvalue weighted by Crippen LogP contribution is -2.37. The summed E-state index contributed by atoms with van der Waals surface area (Å²) in [5.41, 5.74) is 4.84. The predicted octanol–water partition coefficient (Wildman–Crippen LogP) is 4.97. The molecule has 1 unspecified atom stereocenters. The van der Waals surface area contributed by atoms with Gasteiger partial charge < -0.3 is 10.3 Å². The zero-order chi connectivity index (χ0) is 23.2. The second-order valence-corrected chi connectivity index (χ2v) is 10.5. The van der Waals surface area contributed by atoms with Crippen LogP contribution in [0.3, 0.4) is 0 Å². The van der Waals surface area contributed by atoms with Crippen LogP contribution in [0.2, 0.25) is 0 Å². The van der Waals surface area contributed by atoms with Gasteiger partial charge in [0.1, 0.15) is 5.82 Å². The van der Waals surface area contributed by atoms with Crippen LogP contribution < -0.4 is 10.9 Å². The van der Waals surface area contributed by atoms with E-state index in [0.717, 1.165) is 23.2 Å². The highest BCUT2D eigenvalue weighted by Crippen LogP contribution is 2.47. The molecule has 1 aromatic carbocycles. The Balaban J connectivity index is 1.56. The molecule has 6 nitrogen and oxygen atoms in total. The maximum atomic E-state index is 13.3. The third-order valence-electron chi connectivity index (χ3n) is 6.21. The van der Waals surface area contributed by atoms with Crippen molar-refractivity contribution in [3.05, 3.63) is 92.7 Å². The quantitative estimate of drug-likeness (QED) is 0.424. The second-order valence-electron chi connectivity index (χ2n) is 9.59. The number of aryl methyl sites for hydroxylation is 1. The molecule has 168 valence electrons. The van der Waals surface area contributed by atoms with Crippen molar-refractivity contribution in [3.8, 4) is 0 Å². The fourth-order valence-electron chi connectivity index (χ4n) is 4.68. The molecular weight excluding hydrogens is 432 g/mol. The SMILES string of the molecule is Cc1ccc(CSc2nc3c(c(=O)[nH]2)C(c2cccnc2)C2=C(CC(C)(C)CC2=O)N3)cc1. The van der Waals surface area contributed by atoms with E-state index in [1.165, 1.54) is 17.3 Å². The summed E-state index contributed by atoms with van der Waals surface area (Å²) in [5, 5.41) is 3.92. The van der Waals surface area contributed by atoms with Crippen LogP contribution in [0.1, 0.15) is 54.9 Å². The number of hydrogen-bond acceptors (Lipinski definition) is 6. The number of aromatic nitrogens is 3. The smallest absolute Gasteiger partial charge is 0.257 e. The summed E-state index contributed by atoms with van der Waals surface area (Å²) in [6.07, 6.45) is 4.61. The Morgan fingerprint density at radius 2 is 1.91 bits per heavy atom. The van der Waals surface area contributed by atoms with Crippen molar-refractivity contribution in [2.45, 2.75) is 50.4 Å². The summed E-state index contributed by atoms with van der Waals surface area (Å²) in [7, 11) is 0. The molecule has 5 rings (SSSR count). The number of nitrogens with one attached hydrogen (secondary N) is 2. The molecule has 3 heterocycles. The number of allylic oxidation sites excluding steroid dienone is 2. The second kappa shape index (κ2) is 8.30. The topological polar surface area (TPSA) is 87.7 Å². The summed E-state index contributed by atoms with van der Waals surface area (Å²) >= 11 is 1.49. The Kier molecular flexibility index (Phi) is 5.44. The van der Waals surface area contributed by atoms with E-state index in [-0.39, 0.29) is 16.8 Å². The molecule has 0 saturated carbocycles. The number of nitrogens with zero attached hydrogens (tertiary/aromatic N) is 2. The molecular formula is C26H26N4O2S. The van der Waals surface area contributed by atoms with Gasteiger partial charge in [0.25, 0.3) is 5.56 Å². The first-order valence-corrected chi connectivity index (χ1v) is 12.0. The maximum Gasteiger partial charge on any atom is 0.257 e. The van der Waals surface area contributed by atoms with Gasteiger partial charge in [-0.3, -0.25) is 14.6 Å². The maximum absolute atomic E-state index is 13.3. The molecule has 0 bridgehead atoms. The average molecular weight is 459 g/mol. The molecule has 1 atom stereocenters. The minimum absolute atomic E-state index is 0.0745. The van der Waals surface area contributed by atoms with Crippen LogP contribution in [0, 0.1) is 12.3 Å². The molecule has 2 aliphatic rings. The molecule has 3 aromatic rings. The van der Waals surface area contributed by atoms with Crippen LogP contribution >= 0.6 is 11.8 Å². The highest BCUT2D eigenvalue weighted by Gasteiger charge is 2.42. The van der Waals surface area contributed by atoms with E-state index in [0.29, 0.717) is 34.3 Å². The van der Waals surface area contributed by atoms with Crippen LogP contribution in [0.25, 0.3) is 0 Å². The molecule has 0 radical (unpaired) electrons. The lowest BCUT2D eigenvalue weighted by atomic mass is 9.69. The first kappa shape index (κ1) is 21.6. The number of thioether (sulfide) groups is 1. The highest BCUT2D eigenvalue weighted by atomic mass is 32.2. The Hall–Kier alpha value is -3.19. The molecule has 0 fully saturated rings. The van der Waals surface area contributed by atoms with Gasteiger partial charge in [-0.15, -0.1) is 0 Å². The number of Topliss-reactive ketones (excluding diaryl/α,β-unsaturated/α-hetero) is 1. The van der Waals surface area contributed by atoms with Gasteiger partial charge in [0, 0.05) is 41.8 Å². The number of rotatable bonds is 4. The van der Waals surface area contributed by atoms with Crippen molar-refractivity contribution in [3.63, 3.8) is 0 Å². The molecule has 2 aromatic heterocycles. The summed E-state index contributed by atoms with van der Waals surface area (Å²) in [4.78, 5) is 38.5. The van der Waals surface area contributed by atoms with Gasteiger partial charge in [-0.25, -0.2) is 4.98 Å². The minimum atomic E-state index is -0.471. The Morgan fingerprint density at radius 3 is 2.64 bits per heavy atom. The van der Waals surface area contributed by atoms with E-state index in [4.69, 9.17) is 4.98 Å². The number of aromatic amines is 1. The van der Waals surface area contributed by atoms with Gasteiger partial charge >= 0.3 is 0 Å². The third-order valence-corrected chi connectivity index (χ3v) is 7.16. The van der Waals surface area contributed by atoms with Gasteiger partial charge in [0.15, 0.2) is 10.9 Å². The van der Waals surface area contributed by atoms with Crippen molar-refractivity contribution in [2.24, 2.45) is 5.41 Å². The average Bonchev–Trinajstić information content (AvgIpc) is 2.77. The van der Waals surface area contributed by atoms with E-state index in [1.807, 2.05) is 12.1 Å². The van der Waals surface area contributed by atoms with Gasteiger partial charge in [-0.05, 0) is 36.0 Å². The van der Waals surface area contributed by atoms with Crippen LogP contribution in [0.15, 0.2) is 70.0 Å². The highest BCUT2D eigenvalue weighted by molar-refractivity contribution is 7.98. The summed E-state index contributed by atoms with van der Waals surface area (Å²) in [5.74, 6) is 0.836. The zero-order valence-electron chi connectivity index (χ0n) is 18.9. The molecule has 0 amide bonds. The Morgan fingerprint density at radius 1 is 1.12 bits per heavy atom. The Bertz CT molecular complexity index is 1310. The molecule has 1 aliphatic carbocycles. The van der Waals surface area contributed by atoms with E-state index >= 15 is 0 Å². The first-order chi connectivity index (χ1) is 15.8. The number of pyridine rings is 1. The molecule has 33 heavy (non-hydrogen) atoms. The molecule has 0 saturated heterocycles. The lowest BCUT2D eigenvalue weighted by Gasteiger charge is -2.38. The number of fused-ring (bicyclic) bond motifs is 1. The number of ketones is 1. The minimum Gasteiger partial charge on any atom is -0.343 e. The van der Waals surface area contributed by atoms with E-state index in [2.05, 4.69) is 60.3 Å². The van der Waals surface area contributed by atoms with Gasteiger partial charge in [-0.1, -0.05) is 61.5 Å². The standard InChI is InChI=1S/C26H26N4O2S/c1-15-6-8-16(9-7-15)14-33-25-29-23-22(24(32)30-25)20(17-5-4-10-27-13-17)21-18(28-23)11-26(2,3)12-19(21)31/h4-10,13,20H,11-12,14H2,1-3H3,(H2,28,29,30,32). The fourth-order valence-corrected chi connectivity index (χ4v) is 5.49. The third kappa shape index (κ3) is 4.25. The summed E-state index contributed by atoms with van der Waals surface area (Å²) in [6.45, 7) is 6.25. The van der Waals surface area contributed by atoms with Crippen LogP contribution in [-0.4, -0.2) is 20.7 Å². The largest absolute Gasteiger partial charge is 0.343 e. The normalized spacial score (nSPS) is 19.0. The predicted molar refractivity (Wildman–Crippen MR) is 130 cm³/mol. The van der Waals surface area contributed by atoms with E-state index in [1.54, 1.807) is 12.4 Å². The first-order valence-electron chi connectivity index (χ1n) is 11.1. The number of benzene rings is 1. The molecule has 2 N–H and O–H groups in total. The number of anilines is 1. The van der Waals surface area contributed by atoms with Gasteiger partial charge in [0.05, 0.1) is 5.56 Å². The van der Waals surface area contributed by atoms with Gasteiger partial charge in [-0.2, -0.15) is 0 Å². The van der Waals surface area contributed by atoms with Gasteiger partial charge in [0.2, 0.25) is 0 Å². The monoisotopic (exact) mass is 458 g/mol. The van der Waals surface area contributed by atoms with Crippen molar-refractivity contribution in [2.75, 3.05) is 5.32 Å². The lowest BCUT2D eigenvalue weighted by molar-refractivity contribution is -0.118. The molecule has 1 aliphatic heterocycles. The van der Waals surface area contributed by atoms with Crippen LogP contribution in [-0.2, 0) is 10.5 Å². The molecule has 7 heteroatoms. The van der Waals surface area contributed by atoms with Crippen molar-refractivity contribution >= 4 is 23.4 Å². The van der Waals surface area contributed by atoms with Crippen LogP contribution in [0.5, 0.6) is 0 Å². The number of hydrogen-bond donors (Lipinski definition) is 2. The number of carbonyl (C=O) groups is 1. The van der Waals surface area contributed by atoms with Crippen molar-refractivity contribution < 1.29 is 4.79 Å². The van der Waals surface area contributed by atoms with Crippen molar-refractivity contribution in [1.29, 1.82) is 0 Å².